The Balaban J connectivity index is 1.91. The van der Waals surface area contributed by atoms with Crippen LogP contribution in [-0.4, -0.2) is 40.3 Å². The molecule has 9 heteroatoms. The van der Waals surface area contributed by atoms with Crippen molar-refractivity contribution in [1.29, 1.82) is 5.26 Å². The number of nitrogens with zero attached hydrogens (tertiary/aromatic N) is 2. The van der Waals surface area contributed by atoms with Gasteiger partial charge in [-0.05, 0) is 42.5 Å². The minimum absolute atomic E-state index is 0.0207. The summed E-state index contributed by atoms with van der Waals surface area (Å²) in [6, 6.07) is 13.7. The van der Waals surface area contributed by atoms with Crippen molar-refractivity contribution in [1.82, 2.24) is 4.90 Å². The number of ether oxygens (including phenoxy) is 2. The molecule has 2 aromatic rings. The number of aliphatic carboxylic acids is 1. The van der Waals surface area contributed by atoms with Crippen molar-refractivity contribution in [2.24, 2.45) is 0 Å². The molecule has 0 aromatic heterocycles. The summed E-state index contributed by atoms with van der Waals surface area (Å²) in [4.78, 5) is 37.5. The molecule has 31 heavy (non-hydrogen) atoms. The highest BCUT2D eigenvalue weighted by Crippen LogP contribution is 2.38. The van der Waals surface area contributed by atoms with Crippen LogP contribution < -0.4 is 9.47 Å². The first-order valence-corrected chi connectivity index (χ1v) is 10.1. The Kier molecular flexibility index (Phi) is 6.95. The molecule has 2 amide bonds. The van der Waals surface area contributed by atoms with Crippen LogP contribution in [-0.2, 0) is 16.1 Å². The summed E-state index contributed by atoms with van der Waals surface area (Å²) >= 11 is 0.765. The van der Waals surface area contributed by atoms with E-state index in [-0.39, 0.29) is 17.2 Å². The zero-order valence-corrected chi connectivity index (χ0v) is 17.3. The Morgan fingerprint density at radius 2 is 1.97 bits per heavy atom. The molecule has 0 radical (unpaired) electrons. The molecule has 2 aromatic carbocycles. The van der Waals surface area contributed by atoms with Crippen LogP contribution in [0.5, 0.6) is 11.5 Å². The summed E-state index contributed by atoms with van der Waals surface area (Å²) < 4.78 is 10.9. The fraction of sp³-hybridized carbons (Fsp3) is 0.182. The lowest BCUT2D eigenvalue weighted by molar-refractivity contribution is -0.139. The monoisotopic (exact) mass is 438 g/mol. The number of nitriles is 1. The summed E-state index contributed by atoms with van der Waals surface area (Å²) in [7, 11) is 0. The van der Waals surface area contributed by atoms with E-state index in [1.165, 1.54) is 6.08 Å². The van der Waals surface area contributed by atoms with Gasteiger partial charge in [0.05, 0.1) is 29.7 Å². The normalized spacial score (nSPS) is 14.6. The van der Waals surface area contributed by atoms with Gasteiger partial charge in [-0.25, -0.2) is 4.79 Å². The van der Waals surface area contributed by atoms with E-state index in [4.69, 9.17) is 14.6 Å². The van der Waals surface area contributed by atoms with E-state index in [0.29, 0.717) is 29.0 Å². The summed E-state index contributed by atoms with van der Waals surface area (Å²) in [5.74, 6) is -1.16. The van der Waals surface area contributed by atoms with Crippen molar-refractivity contribution >= 4 is 35.0 Å². The second kappa shape index (κ2) is 9.82. The number of carboxylic acid groups (broad SMARTS) is 1. The van der Waals surface area contributed by atoms with Gasteiger partial charge in [0, 0.05) is 5.56 Å². The second-order valence-electron chi connectivity index (χ2n) is 6.33. The highest BCUT2D eigenvalue weighted by molar-refractivity contribution is 8.18. The van der Waals surface area contributed by atoms with E-state index in [2.05, 4.69) is 0 Å². The summed E-state index contributed by atoms with van der Waals surface area (Å²) in [5, 5.41) is 17.7. The summed E-state index contributed by atoms with van der Waals surface area (Å²) in [6.07, 6.45) is 1.47. The summed E-state index contributed by atoms with van der Waals surface area (Å²) in [6.45, 7) is 1.50. The molecule has 158 valence electrons. The third-order valence-corrected chi connectivity index (χ3v) is 5.18. The molecular formula is C22H18N2O6S. The molecule has 0 bridgehead atoms. The maximum Gasteiger partial charge on any atom is 0.341 e. The molecule has 1 aliphatic rings. The van der Waals surface area contributed by atoms with Gasteiger partial charge in [0.1, 0.15) is 0 Å². The number of carbonyl (C=O) groups is 3. The average Bonchev–Trinajstić information content (AvgIpc) is 3.01. The van der Waals surface area contributed by atoms with E-state index >= 15 is 0 Å². The topological polar surface area (TPSA) is 117 Å². The lowest BCUT2D eigenvalue weighted by Crippen LogP contribution is -2.27. The van der Waals surface area contributed by atoms with Gasteiger partial charge in [0.25, 0.3) is 11.1 Å². The Hall–Kier alpha value is -3.77. The number of carbonyl (C=O) groups excluding carboxylic acids is 2. The molecule has 0 aliphatic carbocycles. The average molecular weight is 438 g/mol. The number of thioether (sulfide) groups is 1. The van der Waals surface area contributed by atoms with Crippen LogP contribution in [0.25, 0.3) is 6.08 Å². The van der Waals surface area contributed by atoms with Crippen LogP contribution in [0.4, 0.5) is 4.79 Å². The maximum absolute atomic E-state index is 12.9. The smallest absolute Gasteiger partial charge is 0.341 e. The number of benzene rings is 2. The zero-order valence-electron chi connectivity index (χ0n) is 16.5. The van der Waals surface area contributed by atoms with Crippen LogP contribution >= 0.6 is 11.8 Å². The number of hydrogen-bond donors (Lipinski definition) is 1. The minimum Gasteiger partial charge on any atom is -0.490 e. The molecule has 1 aliphatic heterocycles. The van der Waals surface area contributed by atoms with Gasteiger partial charge >= 0.3 is 5.97 Å². The van der Waals surface area contributed by atoms with Gasteiger partial charge < -0.3 is 14.6 Å². The van der Waals surface area contributed by atoms with Crippen LogP contribution in [0.2, 0.25) is 0 Å². The van der Waals surface area contributed by atoms with Gasteiger partial charge in [0.15, 0.2) is 18.1 Å². The molecule has 0 atom stereocenters. The van der Waals surface area contributed by atoms with E-state index in [1.54, 1.807) is 49.4 Å². The van der Waals surface area contributed by atoms with Crippen LogP contribution in [0.3, 0.4) is 0 Å². The highest BCUT2D eigenvalue weighted by atomic mass is 32.2. The number of imide groups is 1. The molecule has 0 saturated carbocycles. The Labute approximate surface area is 182 Å². The number of amides is 2. The first kappa shape index (κ1) is 21.9. The van der Waals surface area contributed by atoms with Gasteiger partial charge in [-0.2, -0.15) is 5.26 Å². The Morgan fingerprint density at radius 1 is 1.19 bits per heavy atom. The molecule has 1 fully saturated rings. The van der Waals surface area contributed by atoms with Crippen molar-refractivity contribution in [3.63, 3.8) is 0 Å². The standard InChI is InChI=1S/C22H18N2O6S/c1-2-29-17-9-5-8-14(20(17)30-13-19(25)26)10-18-21(27)24(22(28)31-18)12-16-7-4-3-6-15(16)11-23/h3-10H,2,12-13H2,1H3,(H,25,26)/b18-10-. The molecule has 1 N–H and O–H groups in total. The fourth-order valence-corrected chi connectivity index (χ4v) is 3.75. The maximum atomic E-state index is 12.9. The SMILES string of the molecule is CCOc1cccc(/C=C2\SC(=O)N(Cc3ccccc3C#N)C2=O)c1OCC(=O)O. The quantitative estimate of drug-likeness (QED) is 0.621. The zero-order chi connectivity index (χ0) is 22.4. The van der Waals surface area contributed by atoms with Crippen LogP contribution in [0, 0.1) is 11.3 Å². The van der Waals surface area contributed by atoms with Gasteiger partial charge in [-0.1, -0.05) is 30.3 Å². The minimum atomic E-state index is -1.16. The van der Waals surface area contributed by atoms with Crippen molar-refractivity contribution < 1.29 is 29.0 Å². The van der Waals surface area contributed by atoms with Crippen molar-refractivity contribution in [3.05, 3.63) is 64.1 Å². The largest absolute Gasteiger partial charge is 0.490 e. The Bertz CT molecular complexity index is 1110. The second-order valence-corrected chi connectivity index (χ2v) is 7.32. The third-order valence-electron chi connectivity index (χ3n) is 4.28. The third kappa shape index (κ3) is 5.05. The number of para-hydroxylation sites is 1. The van der Waals surface area contributed by atoms with Gasteiger partial charge in [-0.3, -0.25) is 14.5 Å². The Morgan fingerprint density at radius 3 is 2.68 bits per heavy atom. The van der Waals surface area contributed by atoms with E-state index < -0.39 is 23.7 Å². The van der Waals surface area contributed by atoms with Crippen LogP contribution in [0.15, 0.2) is 47.4 Å². The van der Waals surface area contributed by atoms with E-state index in [1.807, 2.05) is 6.07 Å². The molecule has 3 rings (SSSR count). The first-order chi connectivity index (χ1) is 14.9. The predicted molar refractivity (Wildman–Crippen MR) is 113 cm³/mol. The molecule has 0 unspecified atom stereocenters. The van der Waals surface area contributed by atoms with Gasteiger partial charge in [-0.15, -0.1) is 0 Å². The fourth-order valence-electron chi connectivity index (χ4n) is 2.92. The molecule has 1 heterocycles. The van der Waals surface area contributed by atoms with Crippen molar-refractivity contribution in [3.8, 4) is 17.6 Å². The highest BCUT2D eigenvalue weighted by Gasteiger charge is 2.35. The molecule has 1 saturated heterocycles. The van der Waals surface area contributed by atoms with Gasteiger partial charge in [0.2, 0.25) is 0 Å². The predicted octanol–water partition coefficient (Wildman–Crippen LogP) is 3.66. The van der Waals surface area contributed by atoms with Crippen molar-refractivity contribution in [2.45, 2.75) is 13.5 Å². The van der Waals surface area contributed by atoms with Crippen LogP contribution in [0.1, 0.15) is 23.6 Å². The lowest BCUT2D eigenvalue weighted by Gasteiger charge is -2.14. The molecule has 0 spiro atoms. The molecular weight excluding hydrogens is 420 g/mol. The molecule has 8 nitrogen and oxygen atoms in total. The first-order valence-electron chi connectivity index (χ1n) is 9.28. The lowest BCUT2D eigenvalue weighted by atomic mass is 10.1. The number of carboxylic acids is 1. The van der Waals surface area contributed by atoms with E-state index in [9.17, 15) is 19.6 Å². The summed E-state index contributed by atoms with van der Waals surface area (Å²) in [5.41, 5.74) is 1.37. The number of hydrogen-bond acceptors (Lipinski definition) is 7. The van der Waals surface area contributed by atoms with Crippen molar-refractivity contribution in [2.75, 3.05) is 13.2 Å². The van der Waals surface area contributed by atoms with E-state index in [0.717, 1.165) is 16.7 Å². The number of rotatable bonds is 8.